The maximum absolute atomic E-state index is 12.0. The van der Waals surface area contributed by atoms with Crippen LogP contribution < -0.4 is 5.32 Å². The van der Waals surface area contributed by atoms with Crippen molar-refractivity contribution in [3.63, 3.8) is 0 Å². The average Bonchev–Trinajstić information content (AvgIpc) is 3.05. The molecular formula is C14H23N3O2. The lowest BCUT2D eigenvalue weighted by molar-refractivity contribution is -0.145. The van der Waals surface area contributed by atoms with Crippen LogP contribution in [0.4, 0.5) is 0 Å². The molecule has 0 aromatic carbocycles. The van der Waals surface area contributed by atoms with Gasteiger partial charge in [0.2, 0.25) is 0 Å². The van der Waals surface area contributed by atoms with Crippen molar-refractivity contribution >= 4 is 5.97 Å². The van der Waals surface area contributed by atoms with Crippen LogP contribution in [0, 0.1) is 5.92 Å². The van der Waals surface area contributed by atoms with Gasteiger partial charge in [-0.05, 0) is 46.1 Å². The first-order valence-electron chi connectivity index (χ1n) is 7.06. The summed E-state index contributed by atoms with van der Waals surface area (Å²) in [5.41, 5.74) is 0.882. The molecule has 1 heterocycles. The second-order valence-electron chi connectivity index (χ2n) is 5.38. The quantitative estimate of drug-likeness (QED) is 0.767. The van der Waals surface area contributed by atoms with Gasteiger partial charge in [-0.15, -0.1) is 0 Å². The second kappa shape index (κ2) is 6.19. The van der Waals surface area contributed by atoms with E-state index in [1.165, 1.54) is 12.8 Å². The van der Waals surface area contributed by atoms with Gasteiger partial charge >= 0.3 is 5.97 Å². The van der Waals surface area contributed by atoms with Crippen molar-refractivity contribution < 1.29 is 9.53 Å². The van der Waals surface area contributed by atoms with E-state index in [-0.39, 0.29) is 5.97 Å². The Bertz CT molecular complexity index is 424. The van der Waals surface area contributed by atoms with E-state index in [9.17, 15) is 4.79 Å². The number of carbonyl (C=O) groups excluding carboxylic acids is 1. The fourth-order valence-corrected chi connectivity index (χ4v) is 1.95. The molecule has 1 saturated carbocycles. The van der Waals surface area contributed by atoms with Gasteiger partial charge in [0, 0.05) is 17.8 Å². The second-order valence-corrected chi connectivity index (χ2v) is 5.38. The van der Waals surface area contributed by atoms with Crippen LogP contribution in [0.15, 0.2) is 12.4 Å². The molecule has 1 N–H and O–H groups in total. The molecule has 1 aliphatic rings. The lowest BCUT2D eigenvalue weighted by atomic mass is 10.1. The van der Waals surface area contributed by atoms with E-state index in [4.69, 9.17) is 4.74 Å². The van der Waals surface area contributed by atoms with Gasteiger partial charge < -0.3 is 10.1 Å². The van der Waals surface area contributed by atoms with Gasteiger partial charge in [-0.1, -0.05) is 0 Å². The van der Waals surface area contributed by atoms with Crippen molar-refractivity contribution in [2.24, 2.45) is 5.92 Å². The van der Waals surface area contributed by atoms with Gasteiger partial charge in [0.05, 0.1) is 12.8 Å². The number of hydrogen-bond donors (Lipinski definition) is 1. The molecule has 1 unspecified atom stereocenters. The third-order valence-corrected chi connectivity index (χ3v) is 3.31. The number of aromatic nitrogens is 2. The lowest BCUT2D eigenvalue weighted by Crippen LogP contribution is -2.31. The standard InChI is InChI=1S/C14H23N3O2/c1-4-19-14(18)13(15-7-11-5-6-11)12-8-16-17(9-12)10(2)3/h8-11,13,15H,4-7H2,1-3H3. The van der Waals surface area contributed by atoms with Crippen molar-refractivity contribution in [2.75, 3.05) is 13.2 Å². The zero-order valence-corrected chi connectivity index (χ0v) is 11.9. The molecule has 0 bridgehead atoms. The van der Waals surface area contributed by atoms with Crippen LogP contribution in [0.3, 0.4) is 0 Å². The highest BCUT2D eigenvalue weighted by molar-refractivity contribution is 5.77. The summed E-state index contributed by atoms with van der Waals surface area (Å²) in [6, 6.07) is -0.104. The van der Waals surface area contributed by atoms with E-state index < -0.39 is 6.04 Å². The minimum absolute atomic E-state index is 0.216. The minimum Gasteiger partial charge on any atom is -0.465 e. The van der Waals surface area contributed by atoms with Gasteiger partial charge in [0.1, 0.15) is 6.04 Å². The van der Waals surface area contributed by atoms with Crippen molar-refractivity contribution in [3.05, 3.63) is 18.0 Å². The van der Waals surface area contributed by atoms with E-state index in [0.717, 1.165) is 18.0 Å². The van der Waals surface area contributed by atoms with Crippen LogP contribution in [-0.4, -0.2) is 28.9 Å². The highest BCUT2D eigenvalue weighted by atomic mass is 16.5. The molecule has 0 spiro atoms. The molecule has 1 fully saturated rings. The Morgan fingerprint density at radius 2 is 2.32 bits per heavy atom. The maximum atomic E-state index is 12.0. The first kappa shape index (κ1) is 14.1. The summed E-state index contributed by atoms with van der Waals surface area (Å²) in [6.07, 6.45) is 6.19. The maximum Gasteiger partial charge on any atom is 0.327 e. The monoisotopic (exact) mass is 265 g/mol. The number of carbonyl (C=O) groups is 1. The number of rotatable bonds is 7. The molecule has 106 valence electrons. The Hall–Kier alpha value is -1.36. The molecule has 0 saturated heterocycles. The molecule has 5 nitrogen and oxygen atoms in total. The van der Waals surface area contributed by atoms with Gasteiger partial charge in [0.25, 0.3) is 0 Å². The largest absolute Gasteiger partial charge is 0.465 e. The third kappa shape index (κ3) is 3.80. The molecule has 0 aliphatic heterocycles. The first-order chi connectivity index (χ1) is 9.11. The molecule has 1 aromatic rings. The Morgan fingerprint density at radius 3 is 2.84 bits per heavy atom. The minimum atomic E-state index is -0.395. The van der Waals surface area contributed by atoms with Crippen LogP contribution in [0.5, 0.6) is 0 Å². The summed E-state index contributed by atoms with van der Waals surface area (Å²) >= 11 is 0. The van der Waals surface area contributed by atoms with Gasteiger partial charge in [-0.2, -0.15) is 5.10 Å². The predicted octanol–water partition coefficient (Wildman–Crippen LogP) is 2.07. The van der Waals surface area contributed by atoms with Gasteiger partial charge in [-0.3, -0.25) is 4.68 Å². The molecule has 0 radical (unpaired) electrons. The average molecular weight is 265 g/mol. The molecular weight excluding hydrogens is 242 g/mol. The zero-order valence-electron chi connectivity index (χ0n) is 11.9. The van der Waals surface area contributed by atoms with Crippen molar-refractivity contribution in [3.8, 4) is 0 Å². The highest BCUT2D eigenvalue weighted by Gasteiger charge is 2.27. The van der Waals surface area contributed by atoms with Crippen molar-refractivity contribution in [2.45, 2.75) is 45.7 Å². The zero-order chi connectivity index (χ0) is 13.8. The summed E-state index contributed by atoms with van der Waals surface area (Å²) in [6.45, 7) is 7.23. The number of nitrogens with one attached hydrogen (secondary N) is 1. The van der Waals surface area contributed by atoms with Crippen LogP contribution in [0.1, 0.15) is 51.3 Å². The number of ether oxygens (including phenoxy) is 1. The summed E-state index contributed by atoms with van der Waals surface area (Å²) in [5.74, 6) is 0.503. The summed E-state index contributed by atoms with van der Waals surface area (Å²) in [4.78, 5) is 12.0. The van der Waals surface area contributed by atoms with Crippen LogP contribution >= 0.6 is 0 Å². The van der Waals surface area contributed by atoms with Crippen molar-refractivity contribution in [1.82, 2.24) is 15.1 Å². The molecule has 1 aromatic heterocycles. The highest BCUT2D eigenvalue weighted by Crippen LogP contribution is 2.28. The van der Waals surface area contributed by atoms with E-state index in [2.05, 4.69) is 24.3 Å². The molecule has 1 atom stereocenters. The number of hydrogen-bond acceptors (Lipinski definition) is 4. The Balaban J connectivity index is 2.06. The SMILES string of the molecule is CCOC(=O)C(NCC1CC1)c1cnn(C(C)C)c1. The Kier molecular flexibility index (Phi) is 4.58. The van der Waals surface area contributed by atoms with E-state index in [1.807, 2.05) is 17.8 Å². The number of nitrogens with zero attached hydrogens (tertiary/aromatic N) is 2. The number of esters is 1. The molecule has 2 rings (SSSR count). The van der Waals surface area contributed by atoms with E-state index in [1.54, 1.807) is 6.20 Å². The summed E-state index contributed by atoms with van der Waals surface area (Å²) in [5, 5.41) is 7.60. The fourth-order valence-electron chi connectivity index (χ4n) is 1.95. The van der Waals surface area contributed by atoms with Crippen LogP contribution in [-0.2, 0) is 9.53 Å². The van der Waals surface area contributed by atoms with Crippen LogP contribution in [0.25, 0.3) is 0 Å². The lowest BCUT2D eigenvalue weighted by Gasteiger charge is -2.15. The van der Waals surface area contributed by atoms with Crippen molar-refractivity contribution in [1.29, 1.82) is 0 Å². The Labute approximate surface area is 114 Å². The van der Waals surface area contributed by atoms with E-state index >= 15 is 0 Å². The van der Waals surface area contributed by atoms with Crippen LogP contribution in [0.2, 0.25) is 0 Å². The normalized spacial score (nSPS) is 16.6. The Morgan fingerprint density at radius 1 is 1.58 bits per heavy atom. The predicted molar refractivity (Wildman–Crippen MR) is 72.7 cm³/mol. The topological polar surface area (TPSA) is 56.1 Å². The van der Waals surface area contributed by atoms with E-state index in [0.29, 0.717) is 12.6 Å². The first-order valence-corrected chi connectivity index (χ1v) is 7.06. The summed E-state index contributed by atoms with van der Waals surface area (Å²) < 4.78 is 7.00. The van der Waals surface area contributed by atoms with Gasteiger partial charge in [-0.25, -0.2) is 4.79 Å². The molecule has 0 amide bonds. The molecule has 19 heavy (non-hydrogen) atoms. The third-order valence-electron chi connectivity index (χ3n) is 3.31. The smallest absolute Gasteiger partial charge is 0.327 e. The fraction of sp³-hybridized carbons (Fsp3) is 0.714. The summed E-state index contributed by atoms with van der Waals surface area (Å²) in [7, 11) is 0. The van der Waals surface area contributed by atoms with Gasteiger partial charge in [0.15, 0.2) is 0 Å². The molecule has 1 aliphatic carbocycles. The molecule has 5 heteroatoms.